The summed E-state index contributed by atoms with van der Waals surface area (Å²) in [6.45, 7) is 4.83. The van der Waals surface area contributed by atoms with Gasteiger partial charge in [0.05, 0.1) is 10.5 Å². The molecule has 1 N–H and O–H groups in total. The molecule has 4 heteroatoms. The van der Waals surface area contributed by atoms with E-state index in [9.17, 15) is 4.39 Å². The van der Waals surface area contributed by atoms with Crippen LogP contribution < -0.4 is 5.32 Å². The summed E-state index contributed by atoms with van der Waals surface area (Å²) in [6.07, 6.45) is 0. The van der Waals surface area contributed by atoms with Gasteiger partial charge in [0, 0.05) is 5.02 Å². The van der Waals surface area contributed by atoms with Crippen LogP contribution in [-0.4, -0.2) is 6.54 Å². The minimum Gasteiger partial charge on any atom is -0.307 e. The van der Waals surface area contributed by atoms with E-state index in [0.717, 1.165) is 28.3 Å². The first kappa shape index (κ1) is 15.5. The quantitative estimate of drug-likeness (QED) is 0.789. The van der Waals surface area contributed by atoms with Crippen molar-refractivity contribution in [1.29, 1.82) is 0 Å². The third-order valence-corrected chi connectivity index (χ3v) is 4.23. The van der Waals surface area contributed by atoms with Gasteiger partial charge in [0.25, 0.3) is 0 Å². The zero-order valence-electron chi connectivity index (χ0n) is 11.4. The highest BCUT2D eigenvalue weighted by atomic mass is 79.9. The summed E-state index contributed by atoms with van der Waals surface area (Å²) in [6, 6.07) is 11.1. The topological polar surface area (TPSA) is 12.0 Å². The van der Waals surface area contributed by atoms with Gasteiger partial charge in [-0.15, -0.1) is 0 Å². The number of aryl methyl sites for hydroxylation is 1. The maximum Gasteiger partial charge on any atom is 0.137 e. The summed E-state index contributed by atoms with van der Waals surface area (Å²) in [5.74, 6) is -0.258. The number of nitrogens with one attached hydrogen (secondary N) is 1. The van der Waals surface area contributed by atoms with Crippen molar-refractivity contribution in [2.75, 3.05) is 6.54 Å². The summed E-state index contributed by atoms with van der Waals surface area (Å²) in [7, 11) is 0. The lowest BCUT2D eigenvalue weighted by atomic mass is 9.97. The first-order valence-corrected chi connectivity index (χ1v) is 7.64. The lowest BCUT2D eigenvalue weighted by Gasteiger charge is -2.20. The SMILES string of the molecule is CCNC(c1ccc(C)c(Cl)c1)c1ccc(F)c(Br)c1. The van der Waals surface area contributed by atoms with E-state index in [1.807, 2.05) is 32.0 Å². The van der Waals surface area contributed by atoms with Gasteiger partial charge in [-0.1, -0.05) is 36.7 Å². The molecule has 2 aromatic carbocycles. The molecule has 0 heterocycles. The van der Waals surface area contributed by atoms with Gasteiger partial charge in [0.15, 0.2) is 0 Å². The normalized spacial score (nSPS) is 12.4. The fraction of sp³-hybridized carbons (Fsp3) is 0.250. The number of rotatable bonds is 4. The van der Waals surface area contributed by atoms with Crippen molar-refractivity contribution < 1.29 is 4.39 Å². The van der Waals surface area contributed by atoms with Gasteiger partial charge in [-0.2, -0.15) is 0 Å². The Morgan fingerprint density at radius 3 is 2.45 bits per heavy atom. The average Bonchev–Trinajstić information content (AvgIpc) is 2.43. The number of hydrogen-bond acceptors (Lipinski definition) is 1. The monoisotopic (exact) mass is 355 g/mol. The Hall–Kier alpha value is -0.900. The van der Waals surface area contributed by atoms with E-state index >= 15 is 0 Å². The standard InChI is InChI=1S/C16H16BrClFN/c1-3-20-16(11-6-7-15(19)13(17)8-11)12-5-4-10(2)14(18)9-12/h4-9,16,20H,3H2,1-2H3. The van der Waals surface area contributed by atoms with E-state index in [-0.39, 0.29) is 11.9 Å². The second kappa shape index (κ2) is 6.70. The zero-order chi connectivity index (χ0) is 14.7. The van der Waals surface area contributed by atoms with Crippen molar-refractivity contribution >= 4 is 27.5 Å². The first-order chi connectivity index (χ1) is 9.52. The molecule has 0 amide bonds. The molecule has 0 aliphatic heterocycles. The molecule has 0 aliphatic carbocycles. The van der Waals surface area contributed by atoms with Gasteiger partial charge in [-0.25, -0.2) is 4.39 Å². The third kappa shape index (κ3) is 3.40. The maximum absolute atomic E-state index is 13.4. The Morgan fingerprint density at radius 2 is 1.85 bits per heavy atom. The highest BCUT2D eigenvalue weighted by Gasteiger charge is 2.15. The summed E-state index contributed by atoms with van der Waals surface area (Å²) in [4.78, 5) is 0. The molecule has 2 aromatic rings. The molecule has 0 radical (unpaired) electrons. The lowest BCUT2D eigenvalue weighted by Crippen LogP contribution is -2.22. The van der Waals surface area contributed by atoms with Crippen LogP contribution in [0.15, 0.2) is 40.9 Å². The second-order valence-electron chi connectivity index (χ2n) is 4.67. The van der Waals surface area contributed by atoms with Crippen LogP contribution in [0.4, 0.5) is 4.39 Å². The summed E-state index contributed by atoms with van der Waals surface area (Å²) >= 11 is 9.44. The summed E-state index contributed by atoms with van der Waals surface area (Å²) in [5, 5.41) is 4.15. The van der Waals surface area contributed by atoms with Gasteiger partial charge >= 0.3 is 0 Å². The van der Waals surface area contributed by atoms with Crippen molar-refractivity contribution in [3.05, 3.63) is 68.4 Å². The number of benzene rings is 2. The predicted molar refractivity (Wildman–Crippen MR) is 85.8 cm³/mol. The zero-order valence-corrected chi connectivity index (χ0v) is 13.7. The molecule has 1 unspecified atom stereocenters. The lowest BCUT2D eigenvalue weighted by molar-refractivity contribution is 0.608. The van der Waals surface area contributed by atoms with E-state index in [0.29, 0.717) is 4.47 Å². The summed E-state index contributed by atoms with van der Waals surface area (Å²) < 4.78 is 13.8. The molecule has 0 fully saturated rings. The van der Waals surface area contributed by atoms with Crippen LogP contribution >= 0.6 is 27.5 Å². The molecule has 1 nitrogen and oxygen atoms in total. The molecular formula is C16H16BrClFN. The van der Waals surface area contributed by atoms with Gasteiger partial charge in [0.2, 0.25) is 0 Å². The van der Waals surface area contributed by atoms with Gasteiger partial charge < -0.3 is 5.32 Å². The van der Waals surface area contributed by atoms with Crippen molar-refractivity contribution in [3.8, 4) is 0 Å². The van der Waals surface area contributed by atoms with E-state index in [1.165, 1.54) is 6.07 Å². The molecule has 106 valence electrons. The van der Waals surface area contributed by atoms with E-state index in [2.05, 4.69) is 21.2 Å². The molecule has 0 aliphatic rings. The van der Waals surface area contributed by atoms with Gasteiger partial charge in [0.1, 0.15) is 5.82 Å². The van der Waals surface area contributed by atoms with Crippen molar-refractivity contribution in [2.45, 2.75) is 19.9 Å². The van der Waals surface area contributed by atoms with Crippen LogP contribution in [-0.2, 0) is 0 Å². The molecule has 0 saturated carbocycles. The van der Waals surface area contributed by atoms with Crippen LogP contribution in [0, 0.1) is 12.7 Å². The molecule has 20 heavy (non-hydrogen) atoms. The Morgan fingerprint density at radius 1 is 1.20 bits per heavy atom. The van der Waals surface area contributed by atoms with Gasteiger partial charge in [-0.3, -0.25) is 0 Å². The Balaban J connectivity index is 2.44. The number of hydrogen-bond donors (Lipinski definition) is 1. The molecule has 1 atom stereocenters. The van der Waals surface area contributed by atoms with E-state index in [4.69, 9.17) is 11.6 Å². The minimum absolute atomic E-state index is 0.00463. The fourth-order valence-electron chi connectivity index (χ4n) is 2.11. The Labute approximate surface area is 132 Å². The van der Waals surface area contributed by atoms with E-state index in [1.54, 1.807) is 12.1 Å². The third-order valence-electron chi connectivity index (χ3n) is 3.21. The molecular weight excluding hydrogens is 341 g/mol. The van der Waals surface area contributed by atoms with Crippen molar-refractivity contribution in [3.63, 3.8) is 0 Å². The van der Waals surface area contributed by atoms with Crippen molar-refractivity contribution in [1.82, 2.24) is 5.32 Å². The number of halogens is 3. The van der Waals surface area contributed by atoms with Crippen molar-refractivity contribution in [2.24, 2.45) is 0 Å². The highest BCUT2D eigenvalue weighted by molar-refractivity contribution is 9.10. The highest BCUT2D eigenvalue weighted by Crippen LogP contribution is 2.28. The van der Waals surface area contributed by atoms with E-state index < -0.39 is 0 Å². The van der Waals surface area contributed by atoms with Crippen LogP contribution in [0.2, 0.25) is 5.02 Å². The average molecular weight is 357 g/mol. The predicted octanol–water partition coefficient (Wildman–Crippen LogP) is 5.25. The Bertz CT molecular complexity index is 564. The molecule has 0 spiro atoms. The maximum atomic E-state index is 13.4. The van der Waals surface area contributed by atoms with Crippen LogP contribution in [0.3, 0.4) is 0 Å². The first-order valence-electron chi connectivity index (χ1n) is 6.47. The second-order valence-corrected chi connectivity index (χ2v) is 5.93. The smallest absolute Gasteiger partial charge is 0.137 e. The van der Waals surface area contributed by atoms with Crippen LogP contribution in [0.25, 0.3) is 0 Å². The molecule has 0 saturated heterocycles. The molecule has 0 bridgehead atoms. The van der Waals surface area contributed by atoms with Crippen LogP contribution in [0.1, 0.15) is 29.7 Å². The Kier molecular flexibility index (Phi) is 5.19. The minimum atomic E-state index is -0.258. The molecule has 0 aromatic heterocycles. The molecule has 2 rings (SSSR count). The largest absolute Gasteiger partial charge is 0.307 e. The summed E-state index contributed by atoms with van der Waals surface area (Å²) in [5.41, 5.74) is 3.12. The van der Waals surface area contributed by atoms with Gasteiger partial charge in [-0.05, 0) is 64.3 Å². The fourth-order valence-corrected chi connectivity index (χ4v) is 2.70. The van der Waals surface area contributed by atoms with Crippen LogP contribution in [0.5, 0.6) is 0 Å².